The maximum absolute atomic E-state index is 12.9. The third kappa shape index (κ3) is 3.02. The highest BCUT2D eigenvalue weighted by molar-refractivity contribution is 5.75. The van der Waals surface area contributed by atoms with Gasteiger partial charge in [-0.05, 0) is 30.3 Å². The Morgan fingerprint density at radius 1 is 1.08 bits per heavy atom. The Bertz CT molecular complexity index is 1080. The van der Waals surface area contributed by atoms with E-state index in [9.17, 15) is 8.78 Å². The number of nitrogens with zero attached hydrogens (tertiary/aromatic N) is 5. The summed E-state index contributed by atoms with van der Waals surface area (Å²) < 4.78 is 27.5. The van der Waals surface area contributed by atoms with E-state index in [1.165, 1.54) is 12.1 Å². The molecule has 26 heavy (non-hydrogen) atoms. The van der Waals surface area contributed by atoms with Gasteiger partial charge in [-0.15, -0.1) is 5.10 Å². The van der Waals surface area contributed by atoms with Crippen molar-refractivity contribution in [3.63, 3.8) is 0 Å². The van der Waals surface area contributed by atoms with Crippen LogP contribution in [0.1, 0.15) is 12.1 Å². The summed E-state index contributed by atoms with van der Waals surface area (Å²) in [6.45, 7) is 0. The number of hydrogen-bond donors (Lipinski definition) is 2. The molecular formula is C17H13F2N7. The fraction of sp³-hybridized carbons (Fsp3) is 0.0588. The van der Waals surface area contributed by atoms with Gasteiger partial charge in [-0.1, -0.05) is 6.07 Å². The first kappa shape index (κ1) is 15.9. The second kappa shape index (κ2) is 6.36. The molecule has 0 aromatic carbocycles. The molecule has 0 aliphatic rings. The minimum absolute atomic E-state index is 0.223. The minimum atomic E-state index is -2.66. The molecule has 4 heterocycles. The van der Waals surface area contributed by atoms with E-state index in [-0.39, 0.29) is 17.2 Å². The Kier molecular flexibility index (Phi) is 3.88. The lowest BCUT2D eigenvalue weighted by Crippen LogP contribution is -2.05. The number of anilines is 3. The summed E-state index contributed by atoms with van der Waals surface area (Å²) in [5.74, 6) is 1.08. The van der Waals surface area contributed by atoms with Gasteiger partial charge in [0.25, 0.3) is 6.43 Å². The summed E-state index contributed by atoms with van der Waals surface area (Å²) in [7, 11) is 0. The quantitative estimate of drug-likeness (QED) is 0.584. The molecule has 0 aliphatic carbocycles. The Balaban J connectivity index is 1.81. The average molecular weight is 353 g/mol. The number of nitrogen functional groups attached to an aromatic ring is 1. The van der Waals surface area contributed by atoms with Crippen LogP contribution < -0.4 is 11.1 Å². The van der Waals surface area contributed by atoms with Crippen molar-refractivity contribution in [2.24, 2.45) is 0 Å². The van der Waals surface area contributed by atoms with Crippen LogP contribution in [0.3, 0.4) is 0 Å². The number of alkyl halides is 2. The molecule has 0 saturated heterocycles. The standard InChI is InChI=1S/C17H13F2N7/c18-15(19)11-3-1-4-12(23-11)16-24-17(13-5-2-8-26(13)25-16)22-10-6-7-21-14(20)9-10/h1-9,15H,(H3,20,21,22,24,25). The normalized spacial score (nSPS) is 11.2. The molecule has 9 heteroatoms. The molecule has 0 fully saturated rings. The zero-order valence-corrected chi connectivity index (χ0v) is 13.3. The first-order valence-electron chi connectivity index (χ1n) is 7.69. The second-order valence-corrected chi connectivity index (χ2v) is 5.46. The second-order valence-electron chi connectivity index (χ2n) is 5.46. The van der Waals surface area contributed by atoms with Crippen molar-refractivity contribution in [1.29, 1.82) is 0 Å². The monoisotopic (exact) mass is 353 g/mol. The van der Waals surface area contributed by atoms with Crippen LogP contribution in [0.2, 0.25) is 0 Å². The summed E-state index contributed by atoms with van der Waals surface area (Å²) in [6.07, 6.45) is 0.648. The fourth-order valence-corrected chi connectivity index (χ4v) is 2.50. The fourth-order valence-electron chi connectivity index (χ4n) is 2.50. The number of halogens is 2. The van der Waals surface area contributed by atoms with Gasteiger partial charge in [-0.2, -0.15) is 0 Å². The Hall–Kier alpha value is -3.62. The van der Waals surface area contributed by atoms with Crippen LogP contribution in [0.25, 0.3) is 17.0 Å². The number of pyridine rings is 2. The van der Waals surface area contributed by atoms with Gasteiger partial charge in [0, 0.05) is 24.1 Å². The van der Waals surface area contributed by atoms with E-state index in [2.05, 4.69) is 25.4 Å². The van der Waals surface area contributed by atoms with E-state index in [1.54, 1.807) is 35.1 Å². The van der Waals surface area contributed by atoms with Crippen LogP contribution in [-0.4, -0.2) is 24.6 Å². The molecule has 0 unspecified atom stereocenters. The van der Waals surface area contributed by atoms with E-state index in [0.29, 0.717) is 22.8 Å². The summed E-state index contributed by atoms with van der Waals surface area (Å²) in [5.41, 5.74) is 7.05. The lowest BCUT2D eigenvalue weighted by atomic mass is 10.3. The predicted octanol–water partition coefficient (Wildman–Crippen LogP) is 3.45. The molecule has 7 nitrogen and oxygen atoms in total. The molecule has 0 atom stereocenters. The van der Waals surface area contributed by atoms with Crippen molar-refractivity contribution in [2.45, 2.75) is 6.43 Å². The summed E-state index contributed by atoms with van der Waals surface area (Å²) in [4.78, 5) is 12.4. The van der Waals surface area contributed by atoms with Crippen molar-refractivity contribution in [3.8, 4) is 11.5 Å². The van der Waals surface area contributed by atoms with Crippen LogP contribution in [0, 0.1) is 0 Å². The molecule has 4 aromatic rings. The van der Waals surface area contributed by atoms with Gasteiger partial charge in [0.1, 0.15) is 22.7 Å². The van der Waals surface area contributed by atoms with Crippen LogP contribution in [0.15, 0.2) is 54.9 Å². The summed E-state index contributed by atoms with van der Waals surface area (Å²) >= 11 is 0. The molecule has 4 aromatic heterocycles. The number of nitrogens with one attached hydrogen (secondary N) is 1. The largest absolute Gasteiger partial charge is 0.384 e. The van der Waals surface area contributed by atoms with E-state index in [0.717, 1.165) is 0 Å². The van der Waals surface area contributed by atoms with E-state index in [4.69, 9.17) is 5.73 Å². The van der Waals surface area contributed by atoms with Crippen molar-refractivity contribution < 1.29 is 8.78 Å². The molecule has 0 amide bonds. The Morgan fingerprint density at radius 2 is 1.96 bits per heavy atom. The third-order valence-electron chi connectivity index (χ3n) is 3.66. The predicted molar refractivity (Wildman–Crippen MR) is 93.1 cm³/mol. The SMILES string of the molecule is Nc1cc(Nc2nc(-c3cccc(C(F)F)n3)nn3cccc23)ccn1. The van der Waals surface area contributed by atoms with Crippen LogP contribution in [0.4, 0.5) is 26.1 Å². The van der Waals surface area contributed by atoms with Gasteiger partial charge in [0.2, 0.25) is 5.82 Å². The van der Waals surface area contributed by atoms with Gasteiger partial charge in [-0.3, -0.25) is 0 Å². The van der Waals surface area contributed by atoms with Crippen molar-refractivity contribution >= 4 is 22.8 Å². The number of aromatic nitrogens is 5. The van der Waals surface area contributed by atoms with Crippen molar-refractivity contribution in [3.05, 3.63) is 60.6 Å². The molecule has 0 aliphatic heterocycles. The maximum atomic E-state index is 12.9. The van der Waals surface area contributed by atoms with Gasteiger partial charge >= 0.3 is 0 Å². The molecule has 0 radical (unpaired) electrons. The van der Waals surface area contributed by atoms with E-state index in [1.807, 2.05) is 12.1 Å². The molecular weight excluding hydrogens is 340 g/mol. The zero-order valence-electron chi connectivity index (χ0n) is 13.3. The Morgan fingerprint density at radius 3 is 2.77 bits per heavy atom. The van der Waals surface area contributed by atoms with Gasteiger partial charge in [0.05, 0.1) is 0 Å². The van der Waals surface area contributed by atoms with Crippen LogP contribution in [-0.2, 0) is 0 Å². The lowest BCUT2D eigenvalue weighted by Gasteiger charge is -2.10. The highest BCUT2D eigenvalue weighted by Gasteiger charge is 2.14. The van der Waals surface area contributed by atoms with Gasteiger partial charge in [0.15, 0.2) is 5.82 Å². The highest BCUT2D eigenvalue weighted by Crippen LogP contribution is 2.25. The first-order chi connectivity index (χ1) is 12.6. The van der Waals surface area contributed by atoms with Crippen LogP contribution >= 0.6 is 0 Å². The van der Waals surface area contributed by atoms with Crippen molar-refractivity contribution in [2.75, 3.05) is 11.1 Å². The van der Waals surface area contributed by atoms with Crippen molar-refractivity contribution in [1.82, 2.24) is 24.6 Å². The topological polar surface area (TPSA) is 94.0 Å². The number of nitrogens with two attached hydrogens (primary N) is 1. The molecule has 4 rings (SSSR count). The summed E-state index contributed by atoms with van der Waals surface area (Å²) in [5, 5.41) is 7.50. The molecule has 0 spiro atoms. The zero-order chi connectivity index (χ0) is 18.1. The molecule has 0 bridgehead atoms. The molecule has 3 N–H and O–H groups in total. The van der Waals surface area contributed by atoms with E-state index >= 15 is 0 Å². The Labute approximate surface area is 146 Å². The van der Waals surface area contributed by atoms with Crippen LogP contribution in [0.5, 0.6) is 0 Å². The number of fused-ring (bicyclic) bond motifs is 1. The van der Waals surface area contributed by atoms with Gasteiger partial charge in [-0.25, -0.2) is 28.2 Å². The molecule has 130 valence electrons. The first-order valence-corrected chi connectivity index (χ1v) is 7.69. The lowest BCUT2D eigenvalue weighted by molar-refractivity contribution is 0.146. The number of rotatable bonds is 4. The minimum Gasteiger partial charge on any atom is -0.384 e. The summed E-state index contributed by atoms with van der Waals surface area (Å²) in [6, 6.07) is 11.4. The van der Waals surface area contributed by atoms with Gasteiger partial charge < -0.3 is 11.1 Å². The maximum Gasteiger partial charge on any atom is 0.280 e. The average Bonchev–Trinajstić information content (AvgIpc) is 3.11. The van der Waals surface area contributed by atoms with E-state index < -0.39 is 6.43 Å². The number of hydrogen-bond acceptors (Lipinski definition) is 6. The molecule has 0 saturated carbocycles. The smallest absolute Gasteiger partial charge is 0.280 e. The highest BCUT2D eigenvalue weighted by atomic mass is 19.3. The third-order valence-corrected chi connectivity index (χ3v) is 3.66.